The summed E-state index contributed by atoms with van der Waals surface area (Å²) in [6.07, 6.45) is 0.919. The summed E-state index contributed by atoms with van der Waals surface area (Å²) in [7, 11) is 0. The Labute approximate surface area is 184 Å². The number of nitrogens with zero attached hydrogens (tertiary/aromatic N) is 1. The molecule has 0 spiro atoms. The van der Waals surface area contributed by atoms with E-state index >= 15 is 0 Å². The first kappa shape index (κ1) is 23.7. The Hall–Kier alpha value is -2.61. The summed E-state index contributed by atoms with van der Waals surface area (Å²) in [5.74, 6) is -0.128. The van der Waals surface area contributed by atoms with Gasteiger partial charge in [-0.05, 0) is 49.7 Å². The zero-order valence-corrected chi connectivity index (χ0v) is 18.1. The van der Waals surface area contributed by atoms with Crippen molar-refractivity contribution in [3.8, 4) is 0 Å². The first-order valence-corrected chi connectivity index (χ1v) is 10.1. The van der Waals surface area contributed by atoms with Gasteiger partial charge in [0.25, 0.3) is 5.91 Å². The largest absolute Gasteiger partial charge is 0.352 e. The van der Waals surface area contributed by atoms with Gasteiger partial charge in [-0.1, -0.05) is 24.3 Å². The summed E-state index contributed by atoms with van der Waals surface area (Å²) in [6, 6.07) is 14.2. The van der Waals surface area contributed by atoms with Crippen LogP contribution in [-0.2, 0) is 0 Å². The first-order chi connectivity index (χ1) is 14.1. The van der Waals surface area contributed by atoms with Gasteiger partial charge in [-0.2, -0.15) is 0 Å². The average Bonchev–Trinajstić information content (AvgIpc) is 2.74. The molecule has 1 fully saturated rings. The zero-order valence-electron chi connectivity index (χ0n) is 17.2. The van der Waals surface area contributed by atoms with Crippen LogP contribution in [0, 0.1) is 6.92 Å². The predicted octanol–water partition coefficient (Wildman–Crippen LogP) is 3.09. The van der Waals surface area contributed by atoms with Crippen LogP contribution in [0.1, 0.15) is 22.3 Å². The number of aryl methyl sites for hydroxylation is 1. The molecule has 1 aliphatic rings. The average molecular weight is 432 g/mol. The third kappa shape index (κ3) is 7.33. The maximum absolute atomic E-state index is 12.5. The lowest BCUT2D eigenvalue weighted by Crippen LogP contribution is -2.44. The molecular formula is C22H30ClN5O2. The van der Waals surface area contributed by atoms with Crippen molar-refractivity contribution in [2.45, 2.75) is 13.3 Å². The Bertz CT molecular complexity index is 826. The van der Waals surface area contributed by atoms with Crippen molar-refractivity contribution >= 4 is 35.7 Å². The molecule has 0 saturated carbocycles. The number of para-hydroxylation sites is 1. The van der Waals surface area contributed by atoms with Crippen LogP contribution >= 0.6 is 12.4 Å². The monoisotopic (exact) mass is 431 g/mol. The Kier molecular flexibility index (Phi) is 9.60. The number of carbonyl (C=O) groups is 2. The molecular weight excluding hydrogens is 402 g/mol. The minimum Gasteiger partial charge on any atom is -0.352 e. The second kappa shape index (κ2) is 12.2. The molecule has 0 bridgehead atoms. The Morgan fingerprint density at radius 2 is 1.77 bits per heavy atom. The van der Waals surface area contributed by atoms with Gasteiger partial charge in [0.15, 0.2) is 0 Å². The van der Waals surface area contributed by atoms with E-state index in [0.29, 0.717) is 23.5 Å². The zero-order chi connectivity index (χ0) is 20.5. The van der Waals surface area contributed by atoms with Gasteiger partial charge >= 0.3 is 6.03 Å². The maximum atomic E-state index is 12.5. The van der Waals surface area contributed by atoms with Gasteiger partial charge in [-0.3, -0.25) is 4.79 Å². The SMILES string of the molecule is Cc1ccc(C(=O)NCCCN2CCNCC2)cc1NC(=O)Nc1ccccc1.Cl. The van der Waals surface area contributed by atoms with Crippen LogP contribution in [0.15, 0.2) is 48.5 Å². The minimum atomic E-state index is -0.340. The number of carbonyl (C=O) groups excluding carboxylic acids is 2. The molecule has 8 heteroatoms. The topological polar surface area (TPSA) is 85.5 Å². The van der Waals surface area contributed by atoms with E-state index in [1.165, 1.54) is 0 Å². The van der Waals surface area contributed by atoms with Gasteiger partial charge < -0.3 is 26.2 Å². The normalized spacial score (nSPS) is 13.8. The molecule has 1 saturated heterocycles. The lowest BCUT2D eigenvalue weighted by Gasteiger charge is -2.27. The van der Waals surface area contributed by atoms with E-state index in [2.05, 4.69) is 26.2 Å². The molecule has 1 heterocycles. The Morgan fingerprint density at radius 3 is 2.50 bits per heavy atom. The number of urea groups is 1. The van der Waals surface area contributed by atoms with Crippen molar-refractivity contribution in [1.29, 1.82) is 0 Å². The molecule has 2 aromatic rings. The molecule has 0 aliphatic carbocycles. The molecule has 162 valence electrons. The molecule has 2 aromatic carbocycles. The van der Waals surface area contributed by atoms with Crippen molar-refractivity contribution in [3.05, 3.63) is 59.7 Å². The van der Waals surface area contributed by atoms with E-state index in [1.807, 2.05) is 43.3 Å². The van der Waals surface area contributed by atoms with Gasteiger partial charge in [0.1, 0.15) is 0 Å². The maximum Gasteiger partial charge on any atom is 0.323 e. The van der Waals surface area contributed by atoms with E-state index in [4.69, 9.17) is 0 Å². The number of hydrogen-bond donors (Lipinski definition) is 4. The van der Waals surface area contributed by atoms with Gasteiger partial charge in [-0.15, -0.1) is 12.4 Å². The van der Waals surface area contributed by atoms with Crippen LogP contribution in [0.25, 0.3) is 0 Å². The quantitative estimate of drug-likeness (QED) is 0.507. The first-order valence-electron chi connectivity index (χ1n) is 10.1. The van der Waals surface area contributed by atoms with Crippen molar-refractivity contribution in [3.63, 3.8) is 0 Å². The smallest absolute Gasteiger partial charge is 0.323 e. The molecule has 0 atom stereocenters. The van der Waals surface area contributed by atoms with Crippen LogP contribution < -0.4 is 21.3 Å². The second-order valence-corrected chi connectivity index (χ2v) is 7.18. The fraction of sp³-hybridized carbons (Fsp3) is 0.364. The molecule has 7 nitrogen and oxygen atoms in total. The van der Waals surface area contributed by atoms with Gasteiger partial charge in [0.05, 0.1) is 0 Å². The summed E-state index contributed by atoms with van der Waals surface area (Å²) in [5.41, 5.74) is 2.75. The standard InChI is InChI=1S/C22H29N5O2.ClH/c1-17-8-9-18(21(28)24-10-5-13-27-14-11-23-12-15-27)16-20(17)26-22(29)25-19-6-3-2-4-7-19;/h2-4,6-9,16,23H,5,10-15H2,1H3,(H,24,28)(H2,25,26,29);1H. The lowest BCUT2D eigenvalue weighted by atomic mass is 10.1. The van der Waals surface area contributed by atoms with Crippen molar-refractivity contribution in [2.75, 3.05) is 49.9 Å². The second-order valence-electron chi connectivity index (χ2n) is 7.18. The summed E-state index contributed by atoms with van der Waals surface area (Å²) in [4.78, 5) is 27.1. The molecule has 0 aromatic heterocycles. The number of nitrogens with one attached hydrogen (secondary N) is 4. The summed E-state index contributed by atoms with van der Waals surface area (Å²) >= 11 is 0. The number of anilines is 2. The summed E-state index contributed by atoms with van der Waals surface area (Å²) in [5, 5.41) is 11.9. The number of rotatable bonds is 7. The fourth-order valence-electron chi connectivity index (χ4n) is 3.25. The van der Waals surface area contributed by atoms with Gasteiger partial charge in [0, 0.05) is 49.7 Å². The van der Waals surface area contributed by atoms with E-state index in [1.54, 1.807) is 12.1 Å². The summed E-state index contributed by atoms with van der Waals surface area (Å²) in [6.45, 7) is 7.70. The number of halogens is 1. The number of hydrogen-bond acceptors (Lipinski definition) is 4. The van der Waals surface area contributed by atoms with Crippen molar-refractivity contribution in [2.24, 2.45) is 0 Å². The van der Waals surface area contributed by atoms with E-state index < -0.39 is 0 Å². The van der Waals surface area contributed by atoms with Crippen LogP contribution in [0.5, 0.6) is 0 Å². The molecule has 3 amide bonds. The van der Waals surface area contributed by atoms with Crippen molar-refractivity contribution < 1.29 is 9.59 Å². The number of piperazine rings is 1. The third-order valence-electron chi connectivity index (χ3n) is 4.93. The van der Waals surface area contributed by atoms with Crippen LogP contribution in [0.4, 0.5) is 16.2 Å². The summed E-state index contributed by atoms with van der Waals surface area (Å²) < 4.78 is 0. The third-order valence-corrected chi connectivity index (χ3v) is 4.93. The highest BCUT2D eigenvalue weighted by Gasteiger charge is 2.12. The number of benzene rings is 2. The molecule has 1 aliphatic heterocycles. The van der Waals surface area contributed by atoms with Crippen LogP contribution in [0.2, 0.25) is 0 Å². The fourth-order valence-corrected chi connectivity index (χ4v) is 3.25. The molecule has 30 heavy (non-hydrogen) atoms. The number of amides is 3. The van der Waals surface area contributed by atoms with Crippen molar-refractivity contribution in [1.82, 2.24) is 15.5 Å². The highest BCUT2D eigenvalue weighted by atomic mass is 35.5. The highest BCUT2D eigenvalue weighted by molar-refractivity contribution is 6.02. The van der Waals surface area contributed by atoms with E-state index in [-0.39, 0.29) is 24.3 Å². The van der Waals surface area contributed by atoms with Gasteiger partial charge in [-0.25, -0.2) is 4.79 Å². The van der Waals surface area contributed by atoms with Crippen LogP contribution in [0.3, 0.4) is 0 Å². The molecule has 4 N–H and O–H groups in total. The minimum absolute atomic E-state index is 0. The Morgan fingerprint density at radius 1 is 1.03 bits per heavy atom. The molecule has 0 unspecified atom stereocenters. The van der Waals surface area contributed by atoms with Crippen LogP contribution in [-0.4, -0.2) is 56.1 Å². The van der Waals surface area contributed by atoms with E-state index in [9.17, 15) is 9.59 Å². The van der Waals surface area contributed by atoms with Gasteiger partial charge in [0.2, 0.25) is 0 Å². The highest BCUT2D eigenvalue weighted by Crippen LogP contribution is 2.17. The lowest BCUT2D eigenvalue weighted by molar-refractivity contribution is 0.0951. The Balaban J connectivity index is 0.00000320. The molecule has 0 radical (unpaired) electrons. The van der Waals surface area contributed by atoms with E-state index in [0.717, 1.165) is 44.7 Å². The predicted molar refractivity (Wildman–Crippen MR) is 124 cm³/mol. The molecule has 3 rings (SSSR count).